The monoisotopic (exact) mass is 822 g/mol. The molecular weight excluding hydrogens is 781 g/mol. The Hall–Kier alpha value is -3.58. The van der Waals surface area contributed by atoms with E-state index in [1.807, 2.05) is 55.6 Å². The quantitative estimate of drug-likeness (QED) is 0.131. The van der Waals surface area contributed by atoms with Crippen LogP contribution in [0.3, 0.4) is 0 Å². The number of imidazole rings is 1. The molecular formula is C37H36GeIrN4O-2. The zero-order valence-corrected chi connectivity index (χ0v) is 30.2. The van der Waals surface area contributed by atoms with E-state index in [4.69, 9.17) is 13.5 Å². The van der Waals surface area contributed by atoms with Gasteiger partial charge in [-0.15, -0.1) is 18.2 Å². The Bertz CT molecular complexity index is 2110. The molecule has 4 heterocycles. The molecule has 0 atom stereocenters. The van der Waals surface area contributed by atoms with Gasteiger partial charge in [0.25, 0.3) is 0 Å². The van der Waals surface area contributed by atoms with Gasteiger partial charge in [-0.25, -0.2) is 4.98 Å². The molecule has 7 rings (SSSR count). The van der Waals surface area contributed by atoms with Crippen LogP contribution in [0.15, 0.2) is 89.5 Å². The third-order valence-electron chi connectivity index (χ3n) is 7.49. The van der Waals surface area contributed by atoms with E-state index in [2.05, 4.69) is 76.0 Å². The molecule has 0 fully saturated rings. The number of pyridine rings is 2. The van der Waals surface area contributed by atoms with Crippen molar-refractivity contribution >= 4 is 50.8 Å². The maximum absolute atomic E-state index is 7.35. The van der Waals surface area contributed by atoms with Crippen molar-refractivity contribution in [3.05, 3.63) is 108 Å². The van der Waals surface area contributed by atoms with Crippen molar-refractivity contribution in [2.45, 2.75) is 50.9 Å². The van der Waals surface area contributed by atoms with Crippen molar-refractivity contribution in [3.8, 4) is 22.6 Å². The second kappa shape index (κ2) is 12.8. The summed E-state index contributed by atoms with van der Waals surface area (Å²) >= 11 is -1.83. The second-order valence-corrected chi connectivity index (χ2v) is 22.7. The summed E-state index contributed by atoms with van der Waals surface area (Å²) in [6.07, 6.45) is 1.95. The standard InChI is InChI=1S/C22H18N3O.C15H18GeN.Ir/c1-13(2)25-19-10-5-4-9-18(19)24-21(25)17-8-6-7-15-16-12-11-14(3)23-22(16)26-20(15)17;1-12-5-7-13(8-6-12)15-10-9-14(11-17-15)16(2,3)4;/h4-7,9-13H,1-3H3;5-7,9-11H,1-4H3;/q2*-1;/i;1D3;. The third-order valence-corrected chi connectivity index (χ3v) is 11.7. The molecule has 0 saturated heterocycles. The van der Waals surface area contributed by atoms with Crippen LogP contribution in [0, 0.1) is 25.9 Å². The van der Waals surface area contributed by atoms with Crippen LogP contribution in [0.25, 0.3) is 55.7 Å². The van der Waals surface area contributed by atoms with E-state index in [-0.39, 0.29) is 26.1 Å². The number of rotatable bonds is 4. The number of furan rings is 1. The summed E-state index contributed by atoms with van der Waals surface area (Å²) in [6, 6.07) is 31.9. The molecule has 0 aliphatic rings. The number of fused-ring (bicyclic) bond motifs is 4. The smallest absolute Gasteiger partial charge is 0 e. The molecule has 0 unspecified atom stereocenters. The summed E-state index contributed by atoms with van der Waals surface area (Å²) in [6.45, 7) is 4.23. The van der Waals surface area contributed by atoms with E-state index in [0.29, 0.717) is 11.3 Å². The van der Waals surface area contributed by atoms with Gasteiger partial charge in [0.05, 0.1) is 22.4 Å². The molecule has 0 saturated carbocycles. The molecule has 4 aromatic heterocycles. The SMILES string of the molecule is Cc1ccc2c(n1)oc1c(-c3nc4ccccc4n3C(C)C)[c-]ccc12.[2H]C([2H])([2H])c1c[c-]c(-c2cc[c]([Ge]([CH3])([CH3])[CH3])cn2)cc1.[Ir]. The van der Waals surface area contributed by atoms with Gasteiger partial charge in [0.1, 0.15) is 0 Å². The fourth-order valence-corrected chi connectivity index (χ4v) is 7.38. The number of hydrogen-bond acceptors (Lipinski definition) is 4. The maximum atomic E-state index is 7.35. The van der Waals surface area contributed by atoms with E-state index in [1.54, 1.807) is 12.1 Å². The molecule has 225 valence electrons. The van der Waals surface area contributed by atoms with Crippen LogP contribution in [0.4, 0.5) is 0 Å². The van der Waals surface area contributed by atoms with Gasteiger partial charge in [0.15, 0.2) is 0 Å². The fourth-order valence-electron chi connectivity index (χ4n) is 5.21. The van der Waals surface area contributed by atoms with Crippen LogP contribution in [0.5, 0.6) is 0 Å². The van der Waals surface area contributed by atoms with Crippen molar-refractivity contribution < 1.29 is 28.6 Å². The number of aryl methyl sites for hydroxylation is 2. The zero-order chi connectivity index (χ0) is 32.8. The first-order valence-corrected chi connectivity index (χ1v) is 21.8. The zero-order valence-electron chi connectivity index (χ0n) is 28.7. The minimum atomic E-state index is -2.08. The van der Waals surface area contributed by atoms with Gasteiger partial charge in [0.2, 0.25) is 5.71 Å². The molecule has 3 aromatic carbocycles. The maximum Gasteiger partial charge on any atom is 0 e. The molecule has 7 heteroatoms. The van der Waals surface area contributed by atoms with Crippen LogP contribution >= 0.6 is 0 Å². The van der Waals surface area contributed by atoms with Crippen molar-refractivity contribution in [2.24, 2.45) is 0 Å². The first-order chi connectivity index (χ1) is 21.8. The first kappa shape index (κ1) is 27.9. The largest absolute Gasteiger partial charge is 0 e. The van der Waals surface area contributed by atoms with Crippen LogP contribution in [-0.2, 0) is 20.1 Å². The van der Waals surface area contributed by atoms with Gasteiger partial charge in [-0.2, -0.15) is 0 Å². The van der Waals surface area contributed by atoms with Gasteiger partial charge in [-0.3, -0.25) is 4.98 Å². The molecule has 44 heavy (non-hydrogen) atoms. The van der Waals surface area contributed by atoms with Gasteiger partial charge < -0.3 is 8.98 Å². The van der Waals surface area contributed by atoms with Crippen molar-refractivity contribution in [3.63, 3.8) is 0 Å². The Morgan fingerprint density at radius 1 is 0.909 bits per heavy atom. The van der Waals surface area contributed by atoms with E-state index in [0.717, 1.165) is 55.7 Å². The van der Waals surface area contributed by atoms with Crippen LogP contribution in [-0.4, -0.2) is 32.8 Å². The van der Waals surface area contributed by atoms with Gasteiger partial charge in [-0.1, -0.05) is 23.1 Å². The normalized spacial score (nSPS) is 12.8. The van der Waals surface area contributed by atoms with E-state index < -0.39 is 20.1 Å². The molecule has 0 N–H and O–H groups in total. The summed E-state index contributed by atoms with van der Waals surface area (Å²) in [4.78, 5) is 13.9. The Balaban J connectivity index is 0.000000188. The molecule has 0 aliphatic carbocycles. The van der Waals surface area contributed by atoms with E-state index in [9.17, 15) is 0 Å². The van der Waals surface area contributed by atoms with Crippen LogP contribution < -0.4 is 4.40 Å². The summed E-state index contributed by atoms with van der Waals surface area (Å²) in [7, 11) is 0. The molecule has 0 aliphatic heterocycles. The average Bonchev–Trinajstić information content (AvgIpc) is 3.59. The summed E-state index contributed by atoms with van der Waals surface area (Å²) in [5.41, 5.74) is 7.33. The van der Waals surface area contributed by atoms with Gasteiger partial charge in [0, 0.05) is 37.2 Å². The second-order valence-electron chi connectivity index (χ2n) is 12.1. The van der Waals surface area contributed by atoms with Gasteiger partial charge >= 0.3 is 110 Å². The van der Waals surface area contributed by atoms with E-state index in [1.165, 1.54) is 10.5 Å². The summed E-state index contributed by atoms with van der Waals surface area (Å²) in [5, 5.41) is 2.07. The minimum Gasteiger partial charge on any atom is 0 e. The third kappa shape index (κ3) is 6.30. The average molecular weight is 821 g/mol. The van der Waals surface area contributed by atoms with Crippen LogP contribution in [0.2, 0.25) is 17.3 Å². The van der Waals surface area contributed by atoms with E-state index >= 15 is 0 Å². The Kier molecular flexibility index (Phi) is 8.13. The number of hydrogen-bond donors (Lipinski definition) is 0. The van der Waals surface area contributed by atoms with Crippen molar-refractivity contribution in [1.82, 2.24) is 19.5 Å². The minimum absolute atomic E-state index is 0. The first-order valence-electron chi connectivity index (χ1n) is 16.0. The predicted octanol–water partition coefficient (Wildman–Crippen LogP) is 9.09. The Morgan fingerprint density at radius 2 is 1.73 bits per heavy atom. The van der Waals surface area contributed by atoms with Crippen molar-refractivity contribution in [2.75, 3.05) is 0 Å². The molecule has 0 bridgehead atoms. The number of aromatic nitrogens is 4. The molecule has 0 spiro atoms. The molecule has 1 radical (unpaired) electrons. The fraction of sp³-hybridized carbons (Fsp3) is 0.216. The topological polar surface area (TPSA) is 56.7 Å². The molecule has 0 amide bonds. The number of benzene rings is 3. The van der Waals surface area contributed by atoms with Crippen LogP contribution in [0.1, 0.15) is 35.3 Å². The molecule has 7 aromatic rings. The van der Waals surface area contributed by atoms with Gasteiger partial charge in [-0.05, 0) is 45.0 Å². The Morgan fingerprint density at radius 3 is 2.41 bits per heavy atom. The summed E-state index contributed by atoms with van der Waals surface area (Å²) in [5.74, 6) is 7.86. The Labute approximate surface area is 279 Å². The van der Waals surface area contributed by atoms with Crippen molar-refractivity contribution in [1.29, 1.82) is 0 Å². The number of para-hydroxylation sites is 2. The predicted molar refractivity (Wildman–Crippen MR) is 180 cm³/mol. The summed E-state index contributed by atoms with van der Waals surface area (Å²) < 4.78 is 31.8. The molecule has 5 nitrogen and oxygen atoms in total. The number of nitrogens with zero attached hydrogens (tertiary/aromatic N) is 4.